The summed E-state index contributed by atoms with van der Waals surface area (Å²) in [5.74, 6) is -2.43. The molecule has 1 saturated heterocycles. The molecule has 8 nitrogen and oxygen atoms in total. The van der Waals surface area contributed by atoms with Crippen molar-refractivity contribution in [2.24, 2.45) is 0 Å². The van der Waals surface area contributed by atoms with E-state index < -0.39 is 54.2 Å². The third kappa shape index (κ3) is 5.04. The van der Waals surface area contributed by atoms with Crippen molar-refractivity contribution in [1.29, 1.82) is 0 Å². The minimum Gasteiger partial charge on any atom is -0.454 e. The van der Waals surface area contributed by atoms with Crippen molar-refractivity contribution in [1.82, 2.24) is 10.2 Å². The number of anilines is 1. The van der Waals surface area contributed by atoms with Gasteiger partial charge in [0.1, 0.15) is 12.1 Å². The highest BCUT2D eigenvalue weighted by atomic mass is 19.4. The number of esters is 1. The van der Waals surface area contributed by atoms with Gasteiger partial charge in [-0.05, 0) is 31.0 Å². The number of carbonyl (C=O) groups excluding carboxylic acids is 4. The number of alkyl halides is 3. The molecule has 0 spiro atoms. The average molecular weight is 415 g/mol. The van der Waals surface area contributed by atoms with E-state index in [4.69, 9.17) is 4.74 Å². The second-order valence-electron chi connectivity index (χ2n) is 6.40. The van der Waals surface area contributed by atoms with Crippen LogP contribution in [0.15, 0.2) is 24.3 Å². The summed E-state index contributed by atoms with van der Waals surface area (Å²) in [5.41, 5.74) is -2.13. The first-order chi connectivity index (χ1) is 13.5. The lowest BCUT2D eigenvalue weighted by molar-refractivity contribution is -0.150. The summed E-state index contributed by atoms with van der Waals surface area (Å²) < 4.78 is 42.7. The molecule has 0 aliphatic carbocycles. The maximum absolute atomic E-state index is 12.7. The summed E-state index contributed by atoms with van der Waals surface area (Å²) in [5, 5.41) is 4.72. The van der Waals surface area contributed by atoms with Crippen LogP contribution in [0.5, 0.6) is 0 Å². The van der Waals surface area contributed by atoms with Gasteiger partial charge in [-0.2, -0.15) is 13.2 Å². The van der Waals surface area contributed by atoms with Gasteiger partial charge in [0.25, 0.3) is 11.8 Å². The summed E-state index contributed by atoms with van der Waals surface area (Å²) in [7, 11) is 0. The molecule has 1 heterocycles. The number of imide groups is 1. The van der Waals surface area contributed by atoms with Gasteiger partial charge >= 0.3 is 18.2 Å². The van der Waals surface area contributed by atoms with E-state index in [1.165, 1.54) is 6.07 Å². The monoisotopic (exact) mass is 415 g/mol. The Bertz CT molecular complexity index is 821. The van der Waals surface area contributed by atoms with Crippen molar-refractivity contribution in [2.45, 2.75) is 38.4 Å². The van der Waals surface area contributed by atoms with Gasteiger partial charge in [-0.3, -0.25) is 19.3 Å². The van der Waals surface area contributed by atoms with Crippen LogP contribution in [0.25, 0.3) is 0 Å². The van der Waals surface area contributed by atoms with E-state index in [1.54, 1.807) is 13.8 Å². The largest absolute Gasteiger partial charge is 0.454 e. The standard InChI is InChI=1S/C18H20F3N3O5/c1-3-17(4-2)15(27)24(16(28)23-17)9-14(26)29-10-13(25)22-12-7-5-6-11(8-12)18(19,20)21/h5-8H,3-4,9-10H2,1-2H3,(H,22,25)(H,23,28). The van der Waals surface area contributed by atoms with Crippen molar-refractivity contribution < 1.29 is 37.1 Å². The number of halogens is 3. The van der Waals surface area contributed by atoms with Gasteiger partial charge in [-0.15, -0.1) is 0 Å². The Labute approximate surface area is 164 Å². The number of hydrogen-bond donors (Lipinski definition) is 2. The van der Waals surface area contributed by atoms with Crippen LogP contribution in [0.2, 0.25) is 0 Å². The fourth-order valence-corrected chi connectivity index (χ4v) is 2.84. The smallest absolute Gasteiger partial charge is 0.416 e. The molecule has 0 saturated carbocycles. The second-order valence-corrected chi connectivity index (χ2v) is 6.40. The number of rotatable bonds is 7. The van der Waals surface area contributed by atoms with Crippen molar-refractivity contribution in [2.75, 3.05) is 18.5 Å². The Morgan fingerprint density at radius 1 is 1.21 bits per heavy atom. The first-order valence-corrected chi connectivity index (χ1v) is 8.79. The van der Waals surface area contributed by atoms with Crippen LogP contribution in [0.3, 0.4) is 0 Å². The van der Waals surface area contributed by atoms with Gasteiger partial charge < -0.3 is 15.4 Å². The number of nitrogens with one attached hydrogen (secondary N) is 2. The maximum Gasteiger partial charge on any atom is 0.416 e. The number of carbonyl (C=O) groups is 4. The van der Waals surface area contributed by atoms with Crippen molar-refractivity contribution in [3.63, 3.8) is 0 Å². The fraction of sp³-hybridized carbons (Fsp3) is 0.444. The zero-order valence-electron chi connectivity index (χ0n) is 15.8. The number of amides is 4. The first kappa shape index (κ1) is 22.2. The van der Waals surface area contributed by atoms with Gasteiger partial charge in [0.15, 0.2) is 6.61 Å². The predicted molar refractivity (Wildman–Crippen MR) is 94.6 cm³/mol. The lowest BCUT2D eigenvalue weighted by Gasteiger charge is -2.22. The molecule has 158 valence electrons. The predicted octanol–water partition coefficient (Wildman–Crippen LogP) is 2.30. The highest BCUT2D eigenvalue weighted by Gasteiger charge is 2.49. The normalized spacial score (nSPS) is 15.8. The Morgan fingerprint density at radius 2 is 1.86 bits per heavy atom. The SMILES string of the molecule is CCC1(CC)NC(=O)N(CC(=O)OCC(=O)Nc2cccc(C(F)(F)F)c2)C1=O. The van der Waals surface area contributed by atoms with Crippen LogP contribution in [0.4, 0.5) is 23.7 Å². The van der Waals surface area contributed by atoms with E-state index in [0.29, 0.717) is 17.7 Å². The number of nitrogens with zero attached hydrogens (tertiary/aromatic N) is 1. The third-order valence-electron chi connectivity index (χ3n) is 4.58. The molecular weight excluding hydrogens is 395 g/mol. The van der Waals surface area contributed by atoms with Crippen LogP contribution in [-0.2, 0) is 25.3 Å². The van der Waals surface area contributed by atoms with Crippen LogP contribution >= 0.6 is 0 Å². The first-order valence-electron chi connectivity index (χ1n) is 8.79. The van der Waals surface area contributed by atoms with Crippen molar-refractivity contribution in [3.05, 3.63) is 29.8 Å². The zero-order chi connectivity index (χ0) is 21.8. The summed E-state index contributed by atoms with van der Waals surface area (Å²) in [6.07, 6.45) is -3.87. The van der Waals surface area contributed by atoms with Crippen LogP contribution in [-0.4, -0.2) is 47.4 Å². The third-order valence-corrected chi connectivity index (χ3v) is 4.58. The van der Waals surface area contributed by atoms with Crippen LogP contribution in [0, 0.1) is 0 Å². The van der Waals surface area contributed by atoms with Gasteiger partial charge in [0, 0.05) is 5.69 Å². The Morgan fingerprint density at radius 3 is 2.41 bits per heavy atom. The Balaban J connectivity index is 1.89. The molecule has 0 atom stereocenters. The van der Waals surface area contributed by atoms with E-state index in [1.807, 2.05) is 0 Å². The second kappa shape index (κ2) is 8.50. The summed E-state index contributed by atoms with van der Waals surface area (Å²) in [4.78, 5) is 48.8. The molecule has 2 N–H and O–H groups in total. The molecule has 1 aromatic rings. The summed E-state index contributed by atoms with van der Waals surface area (Å²) in [6, 6.07) is 3.22. The number of ether oxygens (including phenoxy) is 1. The number of hydrogen-bond acceptors (Lipinski definition) is 5. The number of benzene rings is 1. The van der Waals surface area contributed by atoms with E-state index >= 15 is 0 Å². The molecular formula is C18H20F3N3O5. The van der Waals surface area contributed by atoms with Gasteiger partial charge in [0.2, 0.25) is 0 Å². The van der Waals surface area contributed by atoms with Gasteiger partial charge in [-0.1, -0.05) is 19.9 Å². The lowest BCUT2D eigenvalue weighted by atomic mass is 9.93. The van der Waals surface area contributed by atoms with E-state index in [2.05, 4.69) is 10.6 Å². The lowest BCUT2D eigenvalue weighted by Crippen LogP contribution is -2.46. The highest BCUT2D eigenvalue weighted by Crippen LogP contribution is 2.30. The van der Waals surface area contributed by atoms with E-state index in [-0.39, 0.29) is 5.69 Å². The molecule has 1 aliphatic rings. The van der Waals surface area contributed by atoms with Crippen LogP contribution < -0.4 is 10.6 Å². The number of urea groups is 1. The molecule has 29 heavy (non-hydrogen) atoms. The summed E-state index contributed by atoms with van der Waals surface area (Å²) >= 11 is 0. The molecule has 0 bridgehead atoms. The fourth-order valence-electron chi connectivity index (χ4n) is 2.84. The molecule has 0 radical (unpaired) electrons. The van der Waals surface area contributed by atoms with Crippen LogP contribution in [0.1, 0.15) is 32.3 Å². The van der Waals surface area contributed by atoms with Gasteiger partial charge in [-0.25, -0.2) is 4.79 Å². The Kier molecular flexibility index (Phi) is 6.50. The molecule has 11 heteroatoms. The molecule has 1 aromatic carbocycles. The molecule has 2 rings (SSSR count). The van der Waals surface area contributed by atoms with Crippen molar-refractivity contribution >= 4 is 29.5 Å². The molecule has 0 unspecified atom stereocenters. The minimum atomic E-state index is -4.57. The quantitative estimate of drug-likeness (QED) is 0.525. The molecule has 1 aliphatic heterocycles. The van der Waals surface area contributed by atoms with Gasteiger partial charge in [0.05, 0.1) is 5.56 Å². The zero-order valence-corrected chi connectivity index (χ0v) is 15.8. The van der Waals surface area contributed by atoms with Crippen molar-refractivity contribution in [3.8, 4) is 0 Å². The average Bonchev–Trinajstić information content (AvgIpc) is 2.90. The molecule has 0 aromatic heterocycles. The molecule has 4 amide bonds. The minimum absolute atomic E-state index is 0.120. The molecule has 1 fully saturated rings. The summed E-state index contributed by atoms with van der Waals surface area (Å²) in [6.45, 7) is 1.98. The topological polar surface area (TPSA) is 105 Å². The Hall–Kier alpha value is -3.11. The van der Waals surface area contributed by atoms with E-state index in [9.17, 15) is 32.3 Å². The maximum atomic E-state index is 12.7. The highest BCUT2D eigenvalue weighted by molar-refractivity contribution is 6.08. The van der Waals surface area contributed by atoms with E-state index in [0.717, 1.165) is 18.2 Å².